The zero-order valence-electron chi connectivity index (χ0n) is 11.1. The summed E-state index contributed by atoms with van der Waals surface area (Å²) >= 11 is 3.49. The standard InChI is InChI=1S/C15H18BrNO3/c16-15-6-2-1-4-12(15)8-17-9-13(18)10-19-11-14-5-3-7-20-14/h1-7,13,17-18H,8-11H2. The van der Waals surface area contributed by atoms with Gasteiger partial charge in [0.15, 0.2) is 0 Å². The molecule has 2 N–H and O–H groups in total. The molecular formula is C15H18BrNO3. The van der Waals surface area contributed by atoms with Crippen molar-refractivity contribution >= 4 is 15.9 Å². The minimum absolute atomic E-state index is 0.281. The summed E-state index contributed by atoms with van der Waals surface area (Å²) in [7, 11) is 0. The molecule has 4 nitrogen and oxygen atoms in total. The summed E-state index contributed by atoms with van der Waals surface area (Å²) in [6.45, 7) is 1.86. The van der Waals surface area contributed by atoms with Crippen LogP contribution in [0.1, 0.15) is 11.3 Å². The van der Waals surface area contributed by atoms with E-state index in [-0.39, 0.29) is 6.61 Å². The van der Waals surface area contributed by atoms with E-state index in [0.29, 0.717) is 19.7 Å². The zero-order chi connectivity index (χ0) is 14.2. The quantitative estimate of drug-likeness (QED) is 0.776. The molecule has 0 saturated carbocycles. The van der Waals surface area contributed by atoms with Gasteiger partial charge in [-0.15, -0.1) is 0 Å². The lowest BCUT2D eigenvalue weighted by atomic mass is 10.2. The first-order valence-electron chi connectivity index (χ1n) is 6.48. The van der Waals surface area contributed by atoms with Crippen molar-refractivity contribution in [3.63, 3.8) is 0 Å². The fraction of sp³-hybridized carbons (Fsp3) is 0.333. The number of rotatable bonds is 8. The summed E-state index contributed by atoms with van der Waals surface area (Å²) in [6.07, 6.45) is 1.07. The minimum Gasteiger partial charge on any atom is -0.467 e. The molecule has 0 spiro atoms. The van der Waals surface area contributed by atoms with Crippen molar-refractivity contribution in [2.75, 3.05) is 13.2 Å². The Balaban J connectivity index is 1.60. The van der Waals surface area contributed by atoms with Gasteiger partial charge in [-0.3, -0.25) is 0 Å². The smallest absolute Gasteiger partial charge is 0.129 e. The number of aliphatic hydroxyl groups excluding tert-OH is 1. The molecule has 20 heavy (non-hydrogen) atoms. The Bertz CT molecular complexity index is 502. The predicted octanol–water partition coefficient (Wildman–Crippen LogP) is 2.71. The van der Waals surface area contributed by atoms with E-state index in [0.717, 1.165) is 15.8 Å². The minimum atomic E-state index is -0.535. The van der Waals surface area contributed by atoms with Crippen LogP contribution >= 0.6 is 15.9 Å². The molecule has 1 unspecified atom stereocenters. The second kappa shape index (κ2) is 8.21. The first-order chi connectivity index (χ1) is 9.75. The van der Waals surface area contributed by atoms with Crippen LogP contribution in [-0.2, 0) is 17.9 Å². The third kappa shape index (κ3) is 5.09. The molecule has 2 rings (SSSR count). The second-order valence-corrected chi connectivity index (χ2v) is 5.32. The van der Waals surface area contributed by atoms with Gasteiger partial charge in [-0.05, 0) is 23.8 Å². The second-order valence-electron chi connectivity index (χ2n) is 4.47. The molecule has 0 radical (unpaired) electrons. The van der Waals surface area contributed by atoms with Crippen LogP contribution in [0.4, 0.5) is 0 Å². The van der Waals surface area contributed by atoms with E-state index in [4.69, 9.17) is 9.15 Å². The average molecular weight is 340 g/mol. The molecule has 0 fully saturated rings. The van der Waals surface area contributed by atoms with E-state index in [1.54, 1.807) is 6.26 Å². The summed E-state index contributed by atoms with van der Waals surface area (Å²) in [4.78, 5) is 0. The lowest BCUT2D eigenvalue weighted by Gasteiger charge is -2.12. The maximum atomic E-state index is 9.80. The monoisotopic (exact) mass is 339 g/mol. The van der Waals surface area contributed by atoms with Crippen molar-refractivity contribution in [3.8, 4) is 0 Å². The van der Waals surface area contributed by atoms with Crippen molar-refractivity contribution < 1.29 is 14.3 Å². The van der Waals surface area contributed by atoms with E-state index in [9.17, 15) is 5.11 Å². The predicted molar refractivity (Wildman–Crippen MR) is 80.2 cm³/mol. The lowest BCUT2D eigenvalue weighted by molar-refractivity contribution is 0.0225. The van der Waals surface area contributed by atoms with Crippen LogP contribution in [0.3, 0.4) is 0 Å². The molecule has 1 atom stereocenters. The van der Waals surface area contributed by atoms with Crippen LogP contribution in [0.2, 0.25) is 0 Å². The summed E-state index contributed by atoms with van der Waals surface area (Å²) < 4.78 is 11.6. The van der Waals surface area contributed by atoms with E-state index < -0.39 is 6.10 Å². The highest BCUT2D eigenvalue weighted by molar-refractivity contribution is 9.10. The molecule has 0 amide bonds. The number of nitrogens with one attached hydrogen (secondary N) is 1. The Morgan fingerprint density at radius 2 is 2.10 bits per heavy atom. The van der Waals surface area contributed by atoms with Gasteiger partial charge in [0.2, 0.25) is 0 Å². The molecule has 108 valence electrons. The summed E-state index contributed by atoms with van der Waals surface area (Å²) in [5.41, 5.74) is 1.16. The zero-order valence-corrected chi connectivity index (χ0v) is 12.7. The van der Waals surface area contributed by atoms with Gasteiger partial charge < -0.3 is 19.6 Å². The third-order valence-corrected chi connectivity index (χ3v) is 3.56. The fourth-order valence-electron chi connectivity index (χ4n) is 1.76. The molecular weight excluding hydrogens is 322 g/mol. The van der Waals surface area contributed by atoms with Crippen molar-refractivity contribution in [2.24, 2.45) is 0 Å². The summed E-state index contributed by atoms with van der Waals surface area (Å²) in [5.74, 6) is 0.762. The van der Waals surface area contributed by atoms with Crippen LogP contribution < -0.4 is 5.32 Å². The number of benzene rings is 1. The summed E-state index contributed by atoms with van der Waals surface area (Å²) in [5, 5.41) is 13.0. The van der Waals surface area contributed by atoms with Crippen LogP contribution in [0.5, 0.6) is 0 Å². The molecule has 0 bridgehead atoms. The van der Waals surface area contributed by atoms with E-state index >= 15 is 0 Å². The molecule has 0 saturated heterocycles. The lowest BCUT2D eigenvalue weighted by Crippen LogP contribution is -2.30. The largest absolute Gasteiger partial charge is 0.467 e. The highest BCUT2D eigenvalue weighted by Crippen LogP contribution is 2.15. The number of hydrogen-bond acceptors (Lipinski definition) is 4. The molecule has 0 aliphatic carbocycles. The maximum absolute atomic E-state index is 9.80. The number of furan rings is 1. The van der Waals surface area contributed by atoms with Gasteiger partial charge in [-0.1, -0.05) is 34.1 Å². The van der Waals surface area contributed by atoms with Crippen molar-refractivity contribution in [3.05, 3.63) is 58.5 Å². The SMILES string of the molecule is OC(CNCc1ccccc1Br)COCc1ccco1. The van der Waals surface area contributed by atoms with E-state index in [1.807, 2.05) is 36.4 Å². The number of ether oxygens (including phenoxy) is 1. The van der Waals surface area contributed by atoms with Crippen LogP contribution in [0.25, 0.3) is 0 Å². The topological polar surface area (TPSA) is 54.6 Å². The van der Waals surface area contributed by atoms with Gasteiger partial charge in [-0.2, -0.15) is 0 Å². The average Bonchev–Trinajstić information content (AvgIpc) is 2.94. The van der Waals surface area contributed by atoms with Crippen LogP contribution in [0, 0.1) is 0 Å². The highest BCUT2D eigenvalue weighted by atomic mass is 79.9. The highest BCUT2D eigenvalue weighted by Gasteiger charge is 2.05. The first-order valence-corrected chi connectivity index (χ1v) is 7.27. The molecule has 1 heterocycles. The van der Waals surface area contributed by atoms with Crippen molar-refractivity contribution in [1.29, 1.82) is 0 Å². The molecule has 0 aliphatic heterocycles. The Morgan fingerprint density at radius 1 is 1.25 bits per heavy atom. The van der Waals surface area contributed by atoms with Gasteiger partial charge in [-0.25, -0.2) is 0 Å². The van der Waals surface area contributed by atoms with Gasteiger partial charge in [0.25, 0.3) is 0 Å². The van der Waals surface area contributed by atoms with Gasteiger partial charge in [0, 0.05) is 17.6 Å². The Kier molecular flexibility index (Phi) is 6.26. The molecule has 1 aromatic heterocycles. The number of hydrogen-bond donors (Lipinski definition) is 2. The van der Waals surface area contributed by atoms with Gasteiger partial charge in [0.1, 0.15) is 12.4 Å². The van der Waals surface area contributed by atoms with Crippen LogP contribution in [0.15, 0.2) is 51.6 Å². The number of halogens is 1. The Labute approximate surface area is 126 Å². The molecule has 1 aromatic carbocycles. The van der Waals surface area contributed by atoms with Gasteiger partial charge in [0.05, 0.1) is 19.0 Å². The van der Waals surface area contributed by atoms with Crippen LogP contribution in [-0.4, -0.2) is 24.4 Å². The van der Waals surface area contributed by atoms with E-state index in [2.05, 4.69) is 21.2 Å². The fourth-order valence-corrected chi connectivity index (χ4v) is 2.19. The summed E-state index contributed by atoms with van der Waals surface area (Å²) in [6, 6.07) is 11.7. The third-order valence-electron chi connectivity index (χ3n) is 2.79. The van der Waals surface area contributed by atoms with Crippen molar-refractivity contribution in [2.45, 2.75) is 19.3 Å². The maximum Gasteiger partial charge on any atom is 0.129 e. The van der Waals surface area contributed by atoms with Gasteiger partial charge >= 0.3 is 0 Å². The van der Waals surface area contributed by atoms with Crippen molar-refractivity contribution in [1.82, 2.24) is 5.32 Å². The first kappa shape index (κ1) is 15.3. The molecule has 2 aromatic rings. The molecule has 5 heteroatoms. The Morgan fingerprint density at radius 3 is 2.85 bits per heavy atom. The molecule has 0 aliphatic rings. The number of aliphatic hydroxyl groups is 1. The van der Waals surface area contributed by atoms with E-state index in [1.165, 1.54) is 0 Å². The normalized spacial score (nSPS) is 12.5. The Hall–Kier alpha value is -1.14.